The predicted octanol–water partition coefficient (Wildman–Crippen LogP) is 2.63. The Hall–Kier alpha value is -2.10. The van der Waals surface area contributed by atoms with Gasteiger partial charge in [0.2, 0.25) is 5.91 Å². The number of hydrogen-bond donors (Lipinski definition) is 1. The summed E-state index contributed by atoms with van der Waals surface area (Å²) in [5.74, 6) is -0.789. The van der Waals surface area contributed by atoms with Crippen LogP contribution < -0.4 is 5.32 Å². The van der Waals surface area contributed by atoms with E-state index in [1.807, 2.05) is 30.3 Å². The van der Waals surface area contributed by atoms with Crippen molar-refractivity contribution in [1.29, 1.82) is 0 Å². The molecule has 1 aromatic carbocycles. The van der Waals surface area contributed by atoms with Gasteiger partial charge in [0.25, 0.3) is 0 Å². The van der Waals surface area contributed by atoms with E-state index in [1.165, 1.54) is 0 Å². The van der Waals surface area contributed by atoms with Gasteiger partial charge < -0.3 is 10.1 Å². The van der Waals surface area contributed by atoms with Gasteiger partial charge in [0.1, 0.15) is 11.6 Å². The highest BCUT2D eigenvalue weighted by atomic mass is 16.6. The van der Waals surface area contributed by atoms with E-state index in [2.05, 4.69) is 11.9 Å². The van der Waals surface area contributed by atoms with Crippen LogP contribution in [-0.2, 0) is 20.7 Å². The molecule has 0 aromatic heterocycles. The van der Waals surface area contributed by atoms with Crippen LogP contribution in [0.15, 0.2) is 42.5 Å². The molecule has 0 aliphatic rings. The zero-order chi connectivity index (χ0) is 16.0. The second-order valence-corrected chi connectivity index (χ2v) is 6.03. The quantitative estimate of drug-likeness (QED) is 0.669. The second-order valence-electron chi connectivity index (χ2n) is 6.03. The maximum absolute atomic E-state index is 12.3. The molecule has 1 amide bonds. The molecule has 1 atom stereocenters. The van der Waals surface area contributed by atoms with Crippen LogP contribution in [0.4, 0.5) is 0 Å². The van der Waals surface area contributed by atoms with Gasteiger partial charge in [0, 0.05) is 12.0 Å². The zero-order valence-electron chi connectivity index (χ0n) is 13.1. The summed E-state index contributed by atoms with van der Waals surface area (Å²) in [5.41, 5.74) is 0.715. The summed E-state index contributed by atoms with van der Waals surface area (Å²) in [7, 11) is 0. The van der Waals surface area contributed by atoms with E-state index in [0.29, 0.717) is 12.0 Å². The van der Waals surface area contributed by atoms with Gasteiger partial charge in [-0.25, -0.2) is 4.79 Å². The van der Waals surface area contributed by atoms with Crippen molar-refractivity contribution in [1.82, 2.24) is 5.32 Å². The van der Waals surface area contributed by atoms with Crippen LogP contribution in [0.3, 0.4) is 0 Å². The van der Waals surface area contributed by atoms with Gasteiger partial charge in [-0.1, -0.05) is 36.9 Å². The minimum absolute atomic E-state index is 0.346. The maximum Gasteiger partial charge on any atom is 0.329 e. The summed E-state index contributed by atoms with van der Waals surface area (Å²) in [6, 6.07) is 8.77. The third-order valence-corrected chi connectivity index (χ3v) is 2.67. The molecular formula is C17H23NO3. The van der Waals surface area contributed by atoms with Crippen LogP contribution >= 0.6 is 0 Å². The standard InChI is InChI=1S/C17H23NO3/c1-12(2)15(19)18-14(16(20)21-17(3,4)5)11-13-9-7-6-8-10-13/h6-10,14H,1,11H2,2-5H3,(H,18,19)/t14-/m0/s1. The molecule has 0 bridgehead atoms. The van der Waals surface area contributed by atoms with Crippen molar-refractivity contribution in [2.24, 2.45) is 0 Å². The lowest BCUT2D eigenvalue weighted by Crippen LogP contribution is -2.45. The largest absolute Gasteiger partial charge is 0.458 e. The number of ether oxygens (including phenoxy) is 1. The first kappa shape index (κ1) is 17.0. The Labute approximate surface area is 126 Å². The van der Waals surface area contributed by atoms with Gasteiger partial charge in [-0.3, -0.25) is 4.79 Å². The summed E-state index contributed by atoms with van der Waals surface area (Å²) in [4.78, 5) is 24.0. The molecule has 0 aliphatic heterocycles. The van der Waals surface area contributed by atoms with E-state index in [4.69, 9.17) is 4.74 Å². The van der Waals surface area contributed by atoms with Crippen LogP contribution in [-0.4, -0.2) is 23.5 Å². The topological polar surface area (TPSA) is 55.4 Å². The van der Waals surface area contributed by atoms with Crippen molar-refractivity contribution in [3.63, 3.8) is 0 Å². The van der Waals surface area contributed by atoms with Gasteiger partial charge in [-0.15, -0.1) is 0 Å². The first-order valence-electron chi connectivity index (χ1n) is 6.92. The lowest BCUT2D eigenvalue weighted by atomic mass is 10.1. The van der Waals surface area contributed by atoms with Crippen LogP contribution in [0.1, 0.15) is 33.3 Å². The van der Waals surface area contributed by atoms with Crippen molar-refractivity contribution < 1.29 is 14.3 Å². The van der Waals surface area contributed by atoms with Gasteiger partial charge in [-0.2, -0.15) is 0 Å². The van der Waals surface area contributed by atoms with E-state index in [-0.39, 0.29) is 5.91 Å². The van der Waals surface area contributed by atoms with E-state index >= 15 is 0 Å². The second kappa shape index (κ2) is 7.07. The molecule has 0 unspecified atom stereocenters. The van der Waals surface area contributed by atoms with Gasteiger partial charge >= 0.3 is 5.97 Å². The first-order chi connectivity index (χ1) is 9.69. The minimum atomic E-state index is -0.726. The zero-order valence-corrected chi connectivity index (χ0v) is 13.1. The fourth-order valence-electron chi connectivity index (χ4n) is 1.70. The average molecular weight is 289 g/mol. The number of carbonyl (C=O) groups is 2. The number of hydrogen-bond acceptors (Lipinski definition) is 3. The maximum atomic E-state index is 12.3. The lowest BCUT2D eigenvalue weighted by molar-refractivity contribution is -0.158. The summed E-state index contributed by atoms with van der Waals surface area (Å²) < 4.78 is 5.37. The Kier molecular flexibility index (Phi) is 5.70. The third kappa shape index (κ3) is 6.25. The monoisotopic (exact) mass is 289 g/mol. The number of nitrogens with one attached hydrogen (secondary N) is 1. The number of rotatable bonds is 5. The molecule has 1 rings (SSSR count). The summed E-state index contributed by atoms with van der Waals surface area (Å²) >= 11 is 0. The van der Waals surface area contributed by atoms with E-state index in [1.54, 1.807) is 27.7 Å². The number of esters is 1. The fraction of sp³-hybridized carbons (Fsp3) is 0.412. The predicted molar refractivity (Wildman–Crippen MR) is 82.7 cm³/mol. The van der Waals surface area contributed by atoms with Crippen LogP contribution in [0.2, 0.25) is 0 Å². The molecule has 1 N–H and O–H groups in total. The Bertz CT molecular complexity index is 515. The Morgan fingerprint density at radius 1 is 1.24 bits per heavy atom. The highest BCUT2D eigenvalue weighted by Crippen LogP contribution is 2.12. The number of benzene rings is 1. The summed E-state index contributed by atoms with van der Waals surface area (Å²) in [5, 5.41) is 2.67. The minimum Gasteiger partial charge on any atom is -0.458 e. The molecule has 1 aromatic rings. The number of amides is 1. The third-order valence-electron chi connectivity index (χ3n) is 2.67. The lowest BCUT2D eigenvalue weighted by Gasteiger charge is -2.24. The van der Waals surface area contributed by atoms with Gasteiger partial charge in [0.05, 0.1) is 0 Å². The molecule has 4 heteroatoms. The molecule has 0 heterocycles. The molecule has 0 saturated carbocycles. The molecule has 0 spiro atoms. The molecule has 114 valence electrons. The Morgan fingerprint density at radius 2 is 1.81 bits per heavy atom. The molecule has 0 fully saturated rings. The average Bonchev–Trinajstić information content (AvgIpc) is 2.36. The summed E-state index contributed by atoms with van der Waals surface area (Å²) in [6.45, 7) is 10.6. The fourth-order valence-corrected chi connectivity index (χ4v) is 1.70. The van der Waals surface area contributed by atoms with Gasteiger partial charge in [0.15, 0.2) is 0 Å². The Morgan fingerprint density at radius 3 is 2.29 bits per heavy atom. The van der Waals surface area contributed by atoms with Crippen molar-refractivity contribution in [2.75, 3.05) is 0 Å². The van der Waals surface area contributed by atoms with E-state index in [0.717, 1.165) is 5.56 Å². The van der Waals surface area contributed by atoms with Crippen molar-refractivity contribution >= 4 is 11.9 Å². The summed E-state index contributed by atoms with van der Waals surface area (Å²) in [6.07, 6.45) is 0.384. The molecule has 0 saturated heterocycles. The first-order valence-corrected chi connectivity index (χ1v) is 6.92. The van der Waals surface area contributed by atoms with Crippen LogP contribution in [0.25, 0.3) is 0 Å². The Balaban J connectivity index is 2.86. The van der Waals surface area contributed by atoms with E-state index in [9.17, 15) is 9.59 Å². The molecular weight excluding hydrogens is 266 g/mol. The van der Waals surface area contributed by atoms with Crippen LogP contribution in [0, 0.1) is 0 Å². The van der Waals surface area contributed by atoms with Crippen LogP contribution in [0.5, 0.6) is 0 Å². The molecule has 21 heavy (non-hydrogen) atoms. The van der Waals surface area contributed by atoms with E-state index < -0.39 is 17.6 Å². The SMILES string of the molecule is C=C(C)C(=O)N[C@@H](Cc1ccccc1)C(=O)OC(C)(C)C. The molecule has 0 aliphatic carbocycles. The highest BCUT2D eigenvalue weighted by molar-refractivity contribution is 5.95. The molecule has 0 radical (unpaired) electrons. The van der Waals surface area contributed by atoms with Crippen molar-refractivity contribution in [2.45, 2.75) is 45.8 Å². The van der Waals surface area contributed by atoms with Crippen molar-refractivity contribution in [3.8, 4) is 0 Å². The van der Waals surface area contributed by atoms with Crippen molar-refractivity contribution in [3.05, 3.63) is 48.0 Å². The van der Waals surface area contributed by atoms with Gasteiger partial charge in [-0.05, 0) is 33.3 Å². The highest BCUT2D eigenvalue weighted by Gasteiger charge is 2.26. The normalized spacial score (nSPS) is 12.4. The number of carbonyl (C=O) groups excluding carboxylic acids is 2. The smallest absolute Gasteiger partial charge is 0.329 e. The molecule has 4 nitrogen and oxygen atoms in total.